The molecule has 3 rings (SSSR count). The van der Waals surface area contributed by atoms with Crippen LogP contribution in [0.3, 0.4) is 0 Å². The summed E-state index contributed by atoms with van der Waals surface area (Å²) >= 11 is 0. The largest absolute Gasteiger partial charge is 0.296 e. The third-order valence-electron chi connectivity index (χ3n) is 4.18. The minimum Gasteiger partial charge on any atom is -0.296 e. The summed E-state index contributed by atoms with van der Waals surface area (Å²) in [6.45, 7) is 0.177. The molecule has 0 aliphatic heterocycles. The average Bonchev–Trinajstić information content (AvgIpc) is 2.64. The summed E-state index contributed by atoms with van der Waals surface area (Å²) in [5.74, 6) is 0. The predicted molar refractivity (Wildman–Crippen MR) is 111 cm³/mol. The Kier molecular flexibility index (Phi) is 5.58. The first-order valence-electron chi connectivity index (χ1n) is 8.41. The van der Waals surface area contributed by atoms with E-state index in [2.05, 4.69) is 88.8 Å². The zero-order valence-electron chi connectivity index (χ0n) is 14.6. The maximum atomic E-state index is 4.15. The van der Waals surface area contributed by atoms with Gasteiger partial charge in [-0.05, 0) is 11.1 Å². The van der Waals surface area contributed by atoms with Crippen LogP contribution in [0.15, 0.2) is 88.8 Å². The summed E-state index contributed by atoms with van der Waals surface area (Å²) in [7, 11) is 3.60. The van der Waals surface area contributed by atoms with E-state index in [9.17, 15) is 0 Å². The highest BCUT2D eigenvalue weighted by Crippen LogP contribution is 2.01. The lowest BCUT2D eigenvalue weighted by Crippen LogP contribution is -2.52. The van der Waals surface area contributed by atoms with Gasteiger partial charge < -0.3 is 0 Å². The van der Waals surface area contributed by atoms with Gasteiger partial charge in [-0.3, -0.25) is 9.98 Å². The van der Waals surface area contributed by atoms with E-state index < -0.39 is 0 Å². The molecule has 0 unspecified atom stereocenters. The van der Waals surface area contributed by atoms with Crippen LogP contribution in [-0.4, -0.2) is 33.2 Å². The van der Waals surface area contributed by atoms with Crippen LogP contribution in [0, 0.1) is 0 Å². The quantitative estimate of drug-likeness (QED) is 0.508. The molecule has 0 saturated carbocycles. The van der Waals surface area contributed by atoms with Gasteiger partial charge in [-0.1, -0.05) is 95.3 Å². The predicted octanol–water partition coefficient (Wildman–Crippen LogP) is 2.30. The minimum atomic E-state index is 0.177. The lowest BCUT2D eigenvalue weighted by Gasteiger charge is -2.16. The van der Waals surface area contributed by atoms with Crippen LogP contribution in [0.1, 0.15) is 11.1 Å². The maximum absolute atomic E-state index is 4.15. The molecule has 0 bridgehead atoms. The van der Waals surface area contributed by atoms with Crippen LogP contribution in [0.2, 0.25) is 0 Å². The van der Waals surface area contributed by atoms with Gasteiger partial charge in [0.2, 0.25) is 6.71 Å². The van der Waals surface area contributed by atoms with Crippen molar-refractivity contribution < 1.29 is 0 Å². The Hall–Kier alpha value is -2.94. The molecule has 0 aliphatic carbocycles. The topological polar surface area (TPSA) is 24.7 Å². The highest BCUT2D eigenvalue weighted by Gasteiger charge is 2.21. The van der Waals surface area contributed by atoms with Gasteiger partial charge in [0.25, 0.3) is 0 Å². The summed E-state index contributed by atoms with van der Waals surface area (Å²) in [4.78, 5) is 8.30. The minimum absolute atomic E-state index is 0.177. The van der Waals surface area contributed by atoms with Gasteiger partial charge in [0.1, 0.15) is 0 Å². The third-order valence-corrected chi connectivity index (χ3v) is 4.18. The van der Waals surface area contributed by atoms with Crippen LogP contribution in [0.5, 0.6) is 0 Å². The SMILES string of the molecule is CN=Cc1cccc(B(c2ccccc2)c2cccc(C=NC)c2)c1. The molecule has 122 valence electrons. The Balaban J connectivity index is 2.14. The molecule has 0 fully saturated rings. The molecule has 0 atom stereocenters. The zero-order valence-corrected chi connectivity index (χ0v) is 14.6. The summed E-state index contributed by atoms with van der Waals surface area (Å²) in [5, 5.41) is 0. The Morgan fingerprint density at radius 2 is 1.08 bits per heavy atom. The van der Waals surface area contributed by atoms with Gasteiger partial charge in [0, 0.05) is 26.5 Å². The van der Waals surface area contributed by atoms with Gasteiger partial charge >= 0.3 is 0 Å². The molecule has 0 N–H and O–H groups in total. The number of hydrogen-bond donors (Lipinski definition) is 0. The number of benzene rings is 3. The van der Waals surface area contributed by atoms with E-state index >= 15 is 0 Å². The normalized spacial score (nSPS) is 11.3. The smallest absolute Gasteiger partial charge is 0.241 e. The summed E-state index contributed by atoms with van der Waals surface area (Å²) in [6.07, 6.45) is 3.79. The van der Waals surface area contributed by atoms with E-state index in [1.165, 1.54) is 16.4 Å². The van der Waals surface area contributed by atoms with Crippen LogP contribution >= 0.6 is 0 Å². The highest BCUT2D eigenvalue weighted by molar-refractivity contribution is 6.95. The lowest BCUT2D eigenvalue weighted by molar-refractivity contribution is 1.46. The van der Waals surface area contributed by atoms with Gasteiger partial charge in [-0.15, -0.1) is 0 Å². The van der Waals surface area contributed by atoms with E-state index in [0.717, 1.165) is 11.1 Å². The monoisotopic (exact) mass is 324 g/mol. The fourth-order valence-corrected chi connectivity index (χ4v) is 3.16. The van der Waals surface area contributed by atoms with Crippen molar-refractivity contribution in [2.75, 3.05) is 14.1 Å². The number of nitrogens with zero attached hydrogens (tertiary/aromatic N) is 2. The standard InChI is InChI=1S/C22H21BN2/c1-24-16-18-8-6-12-21(14-18)23(20-10-4-3-5-11-20)22-13-7-9-19(15-22)17-25-2/h3-17H,1-2H3. The molecule has 25 heavy (non-hydrogen) atoms. The van der Waals surface area contributed by atoms with Crippen molar-refractivity contribution in [3.63, 3.8) is 0 Å². The molecule has 0 aromatic heterocycles. The van der Waals surface area contributed by atoms with Crippen molar-refractivity contribution in [1.82, 2.24) is 0 Å². The molecule has 0 heterocycles. The molecular weight excluding hydrogens is 303 g/mol. The molecule has 0 saturated heterocycles. The van der Waals surface area contributed by atoms with E-state index in [-0.39, 0.29) is 6.71 Å². The summed E-state index contributed by atoms with van der Waals surface area (Å²) in [5.41, 5.74) is 6.03. The first kappa shape index (κ1) is 16.9. The van der Waals surface area contributed by atoms with Gasteiger partial charge in [-0.25, -0.2) is 0 Å². The number of hydrogen-bond acceptors (Lipinski definition) is 2. The Labute approximate surface area is 150 Å². The van der Waals surface area contributed by atoms with Crippen molar-refractivity contribution in [2.24, 2.45) is 9.98 Å². The summed E-state index contributed by atoms with van der Waals surface area (Å²) < 4.78 is 0. The molecule has 3 heteroatoms. The molecule has 0 spiro atoms. The first-order chi connectivity index (χ1) is 12.3. The molecule has 3 aromatic rings. The fourth-order valence-electron chi connectivity index (χ4n) is 3.16. The van der Waals surface area contributed by atoms with Gasteiger partial charge in [0.05, 0.1) is 0 Å². The van der Waals surface area contributed by atoms with Crippen molar-refractivity contribution in [2.45, 2.75) is 0 Å². The first-order valence-corrected chi connectivity index (χ1v) is 8.41. The fraction of sp³-hybridized carbons (Fsp3) is 0.0909. The molecule has 0 aliphatic rings. The second-order valence-corrected chi connectivity index (χ2v) is 5.96. The lowest BCUT2D eigenvalue weighted by atomic mass is 9.36. The number of aliphatic imine (C=N–C) groups is 2. The third kappa shape index (κ3) is 4.13. The zero-order chi connectivity index (χ0) is 17.5. The maximum Gasteiger partial charge on any atom is 0.241 e. The molecule has 2 nitrogen and oxygen atoms in total. The van der Waals surface area contributed by atoms with Gasteiger partial charge in [-0.2, -0.15) is 0 Å². The van der Waals surface area contributed by atoms with Crippen LogP contribution < -0.4 is 16.4 Å². The van der Waals surface area contributed by atoms with E-state index in [0.29, 0.717) is 0 Å². The molecule has 3 aromatic carbocycles. The highest BCUT2D eigenvalue weighted by atomic mass is 14.6. The van der Waals surface area contributed by atoms with Crippen molar-refractivity contribution in [3.05, 3.63) is 90.0 Å². The Morgan fingerprint density at radius 3 is 1.56 bits per heavy atom. The van der Waals surface area contributed by atoms with Crippen molar-refractivity contribution in [1.29, 1.82) is 0 Å². The van der Waals surface area contributed by atoms with Crippen molar-refractivity contribution >= 4 is 35.5 Å². The Morgan fingerprint density at radius 1 is 0.600 bits per heavy atom. The summed E-state index contributed by atoms with van der Waals surface area (Å²) in [6, 6.07) is 27.8. The number of rotatable bonds is 5. The van der Waals surface area contributed by atoms with Gasteiger partial charge in [0.15, 0.2) is 0 Å². The van der Waals surface area contributed by atoms with E-state index in [1.807, 2.05) is 12.4 Å². The van der Waals surface area contributed by atoms with Crippen LogP contribution in [0.4, 0.5) is 0 Å². The van der Waals surface area contributed by atoms with E-state index in [4.69, 9.17) is 0 Å². The second-order valence-electron chi connectivity index (χ2n) is 5.96. The van der Waals surface area contributed by atoms with Crippen LogP contribution in [0.25, 0.3) is 0 Å². The van der Waals surface area contributed by atoms with Crippen molar-refractivity contribution in [3.8, 4) is 0 Å². The van der Waals surface area contributed by atoms with E-state index in [1.54, 1.807) is 14.1 Å². The second kappa shape index (κ2) is 8.25. The molecular formula is C22H21BN2. The van der Waals surface area contributed by atoms with Crippen LogP contribution in [-0.2, 0) is 0 Å². The molecule has 0 radical (unpaired) electrons. The Bertz CT molecular complexity index is 830. The molecule has 0 amide bonds. The average molecular weight is 324 g/mol.